The zero-order chi connectivity index (χ0) is 16.2. The van der Waals surface area contributed by atoms with Gasteiger partial charge >= 0.3 is 6.36 Å². The lowest BCUT2D eigenvalue weighted by molar-refractivity contribution is -0.274. The molecule has 0 bridgehead atoms. The summed E-state index contributed by atoms with van der Waals surface area (Å²) in [5, 5.41) is 12.7. The number of halogens is 4. The summed E-state index contributed by atoms with van der Waals surface area (Å²) in [7, 11) is 0. The summed E-state index contributed by atoms with van der Waals surface area (Å²) in [6.45, 7) is 0.0983. The number of hydrogen-bond acceptors (Lipinski definition) is 4. The second kappa shape index (κ2) is 8.29. The van der Waals surface area contributed by atoms with E-state index in [0.29, 0.717) is 12.2 Å². The standard InChI is InChI=1S/C13H16F3N3O2S.HI/c14-13(15,16)21-10-4-2-1-3-9(10)19-11(17)18-7-12(20)5-6-22-8-12;/h1-4,20H,5-8H2,(H3,17,18,19);1H. The van der Waals surface area contributed by atoms with E-state index >= 15 is 0 Å². The Morgan fingerprint density at radius 2 is 2.13 bits per heavy atom. The summed E-state index contributed by atoms with van der Waals surface area (Å²) >= 11 is 1.62. The molecule has 1 aliphatic heterocycles. The van der Waals surface area contributed by atoms with Crippen LogP contribution in [0.5, 0.6) is 5.75 Å². The number of aliphatic hydroxyl groups is 1. The first-order chi connectivity index (χ1) is 10.3. The molecule has 130 valence electrons. The summed E-state index contributed by atoms with van der Waals surface area (Å²) in [4.78, 5) is 3.99. The number of anilines is 1. The number of hydrogen-bond donors (Lipinski definition) is 3. The molecule has 23 heavy (non-hydrogen) atoms. The lowest BCUT2D eigenvalue weighted by Crippen LogP contribution is -2.34. The third-order valence-electron chi connectivity index (χ3n) is 3.00. The van der Waals surface area contributed by atoms with Crippen molar-refractivity contribution in [3.63, 3.8) is 0 Å². The SMILES string of the molecule is I.NC(=NCC1(O)CCSC1)Nc1ccccc1OC(F)(F)F. The minimum Gasteiger partial charge on any atom is -0.404 e. The zero-order valence-electron chi connectivity index (χ0n) is 12.0. The number of nitrogens with one attached hydrogen (secondary N) is 1. The molecule has 0 radical (unpaired) electrons. The summed E-state index contributed by atoms with van der Waals surface area (Å²) in [6, 6.07) is 5.52. The van der Waals surface area contributed by atoms with E-state index in [1.807, 2.05) is 0 Å². The van der Waals surface area contributed by atoms with Gasteiger partial charge in [0, 0.05) is 5.75 Å². The van der Waals surface area contributed by atoms with Gasteiger partial charge in [-0.3, -0.25) is 4.99 Å². The molecule has 1 fully saturated rings. The number of aliphatic imine (C=N–C) groups is 1. The topological polar surface area (TPSA) is 79.9 Å². The monoisotopic (exact) mass is 463 g/mol. The molecule has 1 saturated heterocycles. The van der Waals surface area contributed by atoms with Gasteiger partial charge in [-0.1, -0.05) is 12.1 Å². The number of benzene rings is 1. The lowest BCUT2D eigenvalue weighted by atomic mass is 10.1. The Labute approximate surface area is 152 Å². The molecule has 0 spiro atoms. The summed E-state index contributed by atoms with van der Waals surface area (Å²) in [5.41, 5.74) is 4.81. The fourth-order valence-corrected chi connectivity index (χ4v) is 3.20. The van der Waals surface area contributed by atoms with Gasteiger partial charge in [0.25, 0.3) is 0 Å². The minimum atomic E-state index is -4.79. The average molecular weight is 463 g/mol. The van der Waals surface area contributed by atoms with Gasteiger partial charge < -0.3 is 20.9 Å². The smallest absolute Gasteiger partial charge is 0.404 e. The molecule has 1 aromatic carbocycles. The van der Waals surface area contributed by atoms with Crippen LogP contribution in [-0.2, 0) is 0 Å². The molecule has 1 heterocycles. The normalized spacial score (nSPS) is 21.7. The highest BCUT2D eigenvalue weighted by atomic mass is 127. The number of alkyl halides is 3. The molecule has 0 amide bonds. The van der Waals surface area contributed by atoms with Gasteiger partial charge in [0.05, 0.1) is 17.8 Å². The van der Waals surface area contributed by atoms with Crippen LogP contribution < -0.4 is 15.8 Å². The molecule has 2 rings (SSSR count). The highest BCUT2D eigenvalue weighted by Crippen LogP contribution is 2.30. The maximum atomic E-state index is 12.3. The Morgan fingerprint density at radius 1 is 1.43 bits per heavy atom. The van der Waals surface area contributed by atoms with E-state index in [1.54, 1.807) is 17.8 Å². The largest absolute Gasteiger partial charge is 0.573 e. The second-order valence-corrected chi connectivity index (χ2v) is 6.00. The number of nitrogens with two attached hydrogens (primary N) is 1. The van der Waals surface area contributed by atoms with E-state index in [-0.39, 0.29) is 42.2 Å². The fraction of sp³-hybridized carbons (Fsp3) is 0.462. The van der Waals surface area contributed by atoms with Crippen molar-refractivity contribution in [2.75, 3.05) is 23.4 Å². The van der Waals surface area contributed by atoms with Gasteiger partial charge in [-0.25, -0.2) is 0 Å². The van der Waals surface area contributed by atoms with Gasteiger partial charge in [0.15, 0.2) is 11.7 Å². The predicted octanol–water partition coefficient (Wildman–Crippen LogP) is 2.80. The van der Waals surface area contributed by atoms with Crippen LogP contribution in [0.3, 0.4) is 0 Å². The summed E-state index contributed by atoms with van der Waals surface area (Å²) in [6.07, 6.45) is -4.18. The Bertz CT molecular complexity index is 552. The van der Waals surface area contributed by atoms with Gasteiger partial charge in [0.2, 0.25) is 0 Å². The Kier molecular flexibility index (Phi) is 7.27. The molecule has 1 aliphatic rings. The number of guanidine groups is 1. The molecule has 10 heteroatoms. The van der Waals surface area contributed by atoms with E-state index in [1.165, 1.54) is 18.2 Å². The number of ether oxygens (including phenoxy) is 1. The summed E-state index contributed by atoms with van der Waals surface area (Å²) < 4.78 is 40.9. The maximum absolute atomic E-state index is 12.3. The van der Waals surface area contributed by atoms with Crippen molar-refractivity contribution in [3.8, 4) is 5.75 Å². The molecule has 0 aromatic heterocycles. The van der Waals surface area contributed by atoms with Crippen LogP contribution in [0.2, 0.25) is 0 Å². The number of thioether (sulfide) groups is 1. The number of nitrogens with zero attached hydrogens (tertiary/aromatic N) is 1. The van der Waals surface area contributed by atoms with Crippen molar-refractivity contribution in [3.05, 3.63) is 24.3 Å². The van der Waals surface area contributed by atoms with Crippen LogP contribution in [0.25, 0.3) is 0 Å². The number of rotatable bonds is 4. The van der Waals surface area contributed by atoms with E-state index in [0.717, 1.165) is 5.75 Å². The molecular formula is C13H17F3IN3O2S. The first-order valence-corrected chi connectivity index (χ1v) is 7.65. The van der Waals surface area contributed by atoms with Crippen molar-refractivity contribution < 1.29 is 23.0 Å². The van der Waals surface area contributed by atoms with Crippen LogP contribution in [0.15, 0.2) is 29.3 Å². The van der Waals surface area contributed by atoms with E-state index in [2.05, 4.69) is 15.0 Å². The van der Waals surface area contributed by atoms with Gasteiger partial charge in [-0.15, -0.1) is 37.1 Å². The second-order valence-electron chi connectivity index (χ2n) is 4.90. The first-order valence-electron chi connectivity index (χ1n) is 6.49. The van der Waals surface area contributed by atoms with Crippen molar-refractivity contribution >= 4 is 47.4 Å². The van der Waals surface area contributed by atoms with E-state index < -0.39 is 17.7 Å². The van der Waals surface area contributed by atoms with Gasteiger partial charge in [-0.2, -0.15) is 11.8 Å². The third kappa shape index (κ3) is 6.63. The molecule has 5 nitrogen and oxygen atoms in total. The van der Waals surface area contributed by atoms with Crippen LogP contribution >= 0.6 is 35.7 Å². The average Bonchev–Trinajstić information content (AvgIpc) is 2.85. The Morgan fingerprint density at radius 3 is 2.74 bits per heavy atom. The molecule has 4 N–H and O–H groups in total. The lowest BCUT2D eigenvalue weighted by Gasteiger charge is -2.19. The molecule has 1 unspecified atom stereocenters. The van der Waals surface area contributed by atoms with Crippen molar-refractivity contribution in [2.24, 2.45) is 10.7 Å². The van der Waals surface area contributed by atoms with Gasteiger partial charge in [-0.05, 0) is 24.3 Å². The minimum absolute atomic E-state index is 0. The number of para-hydroxylation sites is 2. The third-order valence-corrected chi connectivity index (χ3v) is 4.24. The molecule has 1 atom stereocenters. The van der Waals surface area contributed by atoms with Crippen LogP contribution in [-0.4, -0.2) is 41.1 Å². The van der Waals surface area contributed by atoms with Crippen LogP contribution in [0.1, 0.15) is 6.42 Å². The Balaban J connectivity index is 0.00000264. The predicted molar refractivity (Wildman–Crippen MR) is 95.5 cm³/mol. The van der Waals surface area contributed by atoms with Crippen molar-refractivity contribution in [2.45, 2.75) is 18.4 Å². The quantitative estimate of drug-likeness (QED) is 0.364. The zero-order valence-corrected chi connectivity index (χ0v) is 15.1. The van der Waals surface area contributed by atoms with Crippen LogP contribution in [0, 0.1) is 0 Å². The van der Waals surface area contributed by atoms with E-state index in [9.17, 15) is 18.3 Å². The highest BCUT2D eigenvalue weighted by Gasteiger charge is 2.33. The molecule has 0 saturated carbocycles. The first kappa shape index (κ1) is 20.2. The fourth-order valence-electron chi connectivity index (χ4n) is 1.91. The Hall–Kier alpha value is -0.880. The highest BCUT2D eigenvalue weighted by molar-refractivity contribution is 14.0. The van der Waals surface area contributed by atoms with Crippen molar-refractivity contribution in [1.82, 2.24) is 0 Å². The molecule has 0 aliphatic carbocycles. The van der Waals surface area contributed by atoms with Gasteiger partial charge in [0.1, 0.15) is 0 Å². The molecule has 1 aromatic rings. The van der Waals surface area contributed by atoms with E-state index in [4.69, 9.17) is 5.73 Å². The van der Waals surface area contributed by atoms with Crippen LogP contribution in [0.4, 0.5) is 18.9 Å². The molecular weight excluding hydrogens is 446 g/mol. The summed E-state index contributed by atoms with van der Waals surface area (Å²) in [5.74, 6) is 0.936. The van der Waals surface area contributed by atoms with Crippen molar-refractivity contribution in [1.29, 1.82) is 0 Å². The maximum Gasteiger partial charge on any atom is 0.573 e.